The Morgan fingerprint density at radius 2 is 1.56 bits per heavy atom. The Hall–Kier alpha value is 1.08. The van der Waals surface area contributed by atoms with Crippen molar-refractivity contribution in [2.75, 3.05) is 0 Å². The Morgan fingerprint density at radius 3 is 1.56 bits per heavy atom. The van der Waals surface area contributed by atoms with E-state index >= 15 is 0 Å². The zero-order valence-corrected chi connectivity index (χ0v) is 7.72. The molecule has 9 heavy (non-hydrogen) atoms. The molecule has 0 aromatic heterocycles. The van der Waals surface area contributed by atoms with E-state index in [0.717, 1.165) is 0 Å². The summed E-state index contributed by atoms with van der Waals surface area (Å²) < 4.78 is 52.6. The molecule has 0 N–H and O–H groups in total. The predicted octanol–water partition coefficient (Wildman–Crippen LogP) is 0.747. The minimum absolute atomic E-state index is 0. The van der Waals surface area contributed by atoms with Crippen LogP contribution in [0.2, 0.25) is 0 Å². The van der Waals surface area contributed by atoms with Gasteiger partial charge in [-0.05, 0) is 0 Å². The minimum Gasteiger partial charge on any atom is -0.397 e. The van der Waals surface area contributed by atoms with Gasteiger partial charge in [0.1, 0.15) is 0 Å². The molecule has 0 bridgehead atoms. The molecule has 0 aliphatic heterocycles. The van der Waals surface area contributed by atoms with Crippen molar-refractivity contribution < 1.29 is 67.5 Å². The first-order valence-electron chi connectivity index (χ1n) is 1.27. The van der Waals surface area contributed by atoms with Crippen LogP contribution < -0.4 is 0 Å². The minimum atomic E-state index is -5.09. The summed E-state index contributed by atoms with van der Waals surface area (Å²) in [6.07, 6.45) is -5.09. The Labute approximate surface area is 84.1 Å². The topological polar surface area (TPSA) is 43.4 Å². The van der Waals surface area contributed by atoms with Crippen molar-refractivity contribution in [2.24, 2.45) is 0 Å². The Morgan fingerprint density at radius 1 is 1.22 bits per heavy atom. The smallest absolute Gasteiger partial charge is 0.397 e. The van der Waals surface area contributed by atoms with Crippen molar-refractivity contribution >= 4 is 11.0 Å². The van der Waals surface area contributed by atoms with Crippen molar-refractivity contribution in [3.05, 3.63) is 0 Å². The van der Waals surface area contributed by atoms with Gasteiger partial charge in [-0.3, -0.25) is 0 Å². The van der Waals surface area contributed by atoms with Gasteiger partial charge in [0.25, 0.3) is 0 Å². The standard InChI is InChI=1S/CF3O3S.Ce/c2-1(3,4)7-8(5)6;/q-1;. The summed E-state index contributed by atoms with van der Waals surface area (Å²) in [4.78, 5) is 0. The largest absolute Gasteiger partial charge is 0.507 e. The zero-order chi connectivity index (χ0) is 6.78. The fourth-order valence-corrected chi connectivity index (χ4v) is 0.231. The Balaban J connectivity index is 0. The van der Waals surface area contributed by atoms with E-state index in [1.807, 2.05) is 0 Å². The molecule has 0 aromatic carbocycles. The molecule has 8 heteroatoms. The first kappa shape index (κ1) is 12.7. The zero-order valence-electron chi connectivity index (χ0n) is 3.77. The van der Waals surface area contributed by atoms with Crippen molar-refractivity contribution in [3.63, 3.8) is 0 Å². The van der Waals surface area contributed by atoms with E-state index in [0.29, 0.717) is 0 Å². The molecule has 0 saturated carbocycles. The van der Waals surface area contributed by atoms with Crippen molar-refractivity contribution in [1.82, 2.24) is 0 Å². The molecule has 0 aromatic rings. The molecule has 0 aliphatic carbocycles. The molecule has 0 amide bonds. The van der Waals surface area contributed by atoms with Crippen LogP contribution in [0, 0.1) is 41.7 Å². The van der Waals surface area contributed by atoms with Crippen LogP contribution in [0.3, 0.4) is 0 Å². The van der Waals surface area contributed by atoms with Gasteiger partial charge in [-0.1, -0.05) is 0 Å². The Kier molecular flexibility index (Phi) is 6.82. The van der Waals surface area contributed by atoms with Crippen LogP contribution in [0.25, 0.3) is 0 Å². The van der Waals surface area contributed by atoms with Crippen molar-refractivity contribution in [1.29, 1.82) is 0 Å². The molecule has 0 radical (unpaired) electrons. The van der Waals surface area contributed by atoms with Crippen LogP contribution in [0.15, 0.2) is 0 Å². The number of alkyl halides is 3. The number of hydrogen-bond acceptors (Lipinski definition) is 4. The van der Waals surface area contributed by atoms with E-state index in [1.54, 1.807) is 0 Å². The summed E-state index contributed by atoms with van der Waals surface area (Å²) >= 11 is 0. The maximum absolute atomic E-state index is 10.7. The Bertz CT molecular complexity index is 130. The maximum atomic E-state index is 10.7. The normalized spacial score (nSPS) is 11.1. The van der Waals surface area contributed by atoms with Crippen LogP contribution in [0.5, 0.6) is 0 Å². The van der Waals surface area contributed by atoms with E-state index < -0.39 is 17.3 Å². The van der Waals surface area contributed by atoms with Crippen LogP contribution >= 0.6 is 0 Å². The van der Waals surface area contributed by atoms with E-state index in [4.69, 9.17) is 8.42 Å². The third kappa shape index (κ3) is 12.3. The quantitative estimate of drug-likeness (QED) is 0.669. The number of rotatable bonds is 1. The van der Waals surface area contributed by atoms with Crippen LogP contribution in [-0.2, 0) is 23.6 Å². The summed E-state index contributed by atoms with van der Waals surface area (Å²) in [7, 11) is -3.51. The third-order valence-electron chi connectivity index (χ3n) is 0.163. The van der Waals surface area contributed by atoms with Gasteiger partial charge in [0.05, 0.1) is 11.0 Å². The molecule has 0 unspecified atom stereocenters. The first-order chi connectivity index (χ1) is 3.42. The summed E-state index contributed by atoms with van der Waals surface area (Å²) in [5.74, 6) is 0. The van der Waals surface area contributed by atoms with Crippen LogP contribution in [-0.4, -0.2) is 6.36 Å². The molecule has 3 nitrogen and oxygen atoms in total. The first-order valence-corrected chi connectivity index (χ1v) is 2.27. The van der Waals surface area contributed by atoms with Gasteiger partial charge in [-0.2, -0.15) is 0 Å². The summed E-state index contributed by atoms with van der Waals surface area (Å²) in [6.45, 7) is 0. The van der Waals surface area contributed by atoms with Crippen LogP contribution in [0.4, 0.5) is 13.2 Å². The van der Waals surface area contributed by atoms with Gasteiger partial charge in [-0.15, -0.1) is 13.2 Å². The SMILES string of the molecule is O=[S-](=O)OC(F)(F)F.[Ce]. The van der Waals surface area contributed by atoms with Crippen molar-refractivity contribution in [3.8, 4) is 0 Å². The second-order valence-electron chi connectivity index (χ2n) is 0.733. The molecule has 0 fully saturated rings. The summed E-state index contributed by atoms with van der Waals surface area (Å²) in [5.41, 5.74) is 0. The molecule has 0 aliphatic rings. The van der Waals surface area contributed by atoms with Gasteiger partial charge < -0.3 is 12.6 Å². The molecule has 0 saturated heterocycles. The van der Waals surface area contributed by atoms with Gasteiger partial charge >= 0.3 is 6.36 Å². The molecular formula is CCeF3O3S-. The fraction of sp³-hybridized carbons (Fsp3) is 1.00. The van der Waals surface area contributed by atoms with Crippen molar-refractivity contribution in [2.45, 2.75) is 6.36 Å². The second kappa shape index (κ2) is 4.83. The molecular weight excluding hydrogens is 289 g/mol. The summed E-state index contributed by atoms with van der Waals surface area (Å²) in [5, 5.41) is 0. The van der Waals surface area contributed by atoms with E-state index in [2.05, 4.69) is 4.18 Å². The predicted molar refractivity (Wildman–Crippen MR) is 15.9 cm³/mol. The average molecular weight is 289 g/mol. The van der Waals surface area contributed by atoms with Gasteiger partial charge in [0, 0.05) is 41.7 Å². The van der Waals surface area contributed by atoms with E-state index in [-0.39, 0.29) is 41.7 Å². The molecule has 0 spiro atoms. The monoisotopic (exact) mass is 289 g/mol. The molecule has 54 valence electrons. The number of hydrogen-bond donors (Lipinski definition) is 0. The molecule has 0 heterocycles. The van der Waals surface area contributed by atoms with E-state index in [9.17, 15) is 13.2 Å². The van der Waals surface area contributed by atoms with Crippen LogP contribution in [0.1, 0.15) is 0 Å². The van der Waals surface area contributed by atoms with E-state index in [1.165, 1.54) is 0 Å². The fourth-order valence-electron chi connectivity index (χ4n) is 0.0772. The van der Waals surface area contributed by atoms with Gasteiger partial charge in [-0.25, -0.2) is 0 Å². The average Bonchev–Trinajstić information content (AvgIpc) is 1.21. The number of halogens is 3. The second-order valence-corrected chi connectivity index (χ2v) is 1.31. The van der Waals surface area contributed by atoms with Gasteiger partial charge in [0.2, 0.25) is 0 Å². The maximum Gasteiger partial charge on any atom is 0.507 e. The third-order valence-corrected chi connectivity index (χ3v) is 0.488. The summed E-state index contributed by atoms with van der Waals surface area (Å²) in [6, 6.07) is 0. The van der Waals surface area contributed by atoms with Gasteiger partial charge in [0.15, 0.2) is 0 Å². The molecule has 0 rings (SSSR count). The molecule has 0 atom stereocenters.